The molecule has 1 aromatic heterocycles. The van der Waals surface area contributed by atoms with Crippen molar-refractivity contribution in [1.82, 2.24) is 4.98 Å². The fourth-order valence-corrected chi connectivity index (χ4v) is 1.99. The number of nitrogens with zero attached hydrogens (tertiary/aromatic N) is 2. The van der Waals surface area contributed by atoms with Gasteiger partial charge in [0.1, 0.15) is 0 Å². The summed E-state index contributed by atoms with van der Waals surface area (Å²) in [5.41, 5.74) is 2.24. The van der Waals surface area contributed by atoms with E-state index in [0.29, 0.717) is 18.4 Å². The number of hydrogen-bond acceptors (Lipinski definition) is 3. The van der Waals surface area contributed by atoms with Crippen LogP contribution in [0.5, 0.6) is 0 Å². The van der Waals surface area contributed by atoms with E-state index < -0.39 is 0 Å². The van der Waals surface area contributed by atoms with Gasteiger partial charge in [-0.15, -0.1) is 11.6 Å². The summed E-state index contributed by atoms with van der Waals surface area (Å²) in [5.74, 6) is 1.11. The van der Waals surface area contributed by atoms with Crippen molar-refractivity contribution in [2.45, 2.75) is 19.7 Å². The highest BCUT2D eigenvalue weighted by Gasteiger charge is 2.12. The van der Waals surface area contributed by atoms with Gasteiger partial charge in [-0.05, 0) is 17.5 Å². The third-order valence-electron chi connectivity index (χ3n) is 2.52. The lowest BCUT2D eigenvalue weighted by Crippen LogP contribution is -2.31. The summed E-state index contributed by atoms with van der Waals surface area (Å²) >= 11 is 5.96. The highest BCUT2D eigenvalue weighted by molar-refractivity contribution is 6.17. The molecule has 0 radical (unpaired) electrons. The largest absolute Gasteiger partial charge is 0.383 e. The van der Waals surface area contributed by atoms with Crippen molar-refractivity contribution in [2.24, 2.45) is 5.92 Å². The molecule has 0 N–H and O–H groups in total. The Bertz CT molecular complexity index is 331. The topological polar surface area (TPSA) is 25.4 Å². The minimum absolute atomic E-state index is 0.513. The van der Waals surface area contributed by atoms with E-state index in [1.165, 1.54) is 0 Å². The molecule has 4 heteroatoms. The summed E-state index contributed by atoms with van der Waals surface area (Å²) in [4.78, 5) is 6.48. The van der Waals surface area contributed by atoms with Gasteiger partial charge in [0.25, 0.3) is 0 Å². The van der Waals surface area contributed by atoms with E-state index in [2.05, 4.69) is 23.7 Å². The molecule has 0 saturated heterocycles. The maximum absolute atomic E-state index is 5.96. The monoisotopic (exact) mass is 256 g/mol. The number of alkyl halides is 1. The van der Waals surface area contributed by atoms with E-state index in [1.807, 2.05) is 12.3 Å². The van der Waals surface area contributed by atoms with Gasteiger partial charge in [0, 0.05) is 32.3 Å². The standard InChI is InChI=1S/C13H21ClN2O/c1-11(2)10-16(6-7-17-3)13-9-15-5-4-12(13)8-14/h4-5,9,11H,6-8,10H2,1-3H3. The number of aromatic nitrogens is 1. The first-order valence-electron chi connectivity index (χ1n) is 5.91. The average molecular weight is 257 g/mol. The molecule has 1 rings (SSSR count). The fourth-order valence-electron chi connectivity index (χ4n) is 1.77. The Kier molecular flexibility index (Phi) is 6.30. The lowest BCUT2D eigenvalue weighted by atomic mass is 10.1. The van der Waals surface area contributed by atoms with Crippen molar-refractivity contribution >= 4 is 17.3 Å². The second kappa shape index (κ2) is 7.51. The Morgan fingerprint density at radius 1 is 1.47 bits per heavy atom. The van der Waals surface area contributed by atoms with Gasteiger partial charge >= 0.3 is 0 Å². The molecule has 0 spiro atoms. The van der Waals surface area contributed by atoms with Gasteiger partial charge in [0.15, 0.2) is 0 Å². The third kappa shape index (κ3) is 4.52. The van der Waals surface area contributed by atoms with E-state index in [1.54, 1.807) is 13.3 Å². The average Bonchev–Trinajstić information content (AvgIpc) is 2.34. The van der Waals surface area contributed by atoms with Crippen LogP contribution < -0.4 is 4.90 Å². The van der Waals surface area contributed by atoms with Crippen molar-refractivity contribution in [3.8, 4) is 0 Å². The van der Waals surface area contributed by atoms with Crippen LogP contribution >= 0.6 is 11.6 Å². The Morgan fingerprint density at radius 2 is 2.24 bits per heavy atom. The molecule has 0 saturated carbocycles. The van der Waals surface area contributed by atoms with Crippen LogP contribution in [0, 0.1) is 5.92 Å². The smallest absolute Gasteiger partial charge is 0.0637 e. The van der Waals surface area contributed by atoms with Crippen LogP contribution in [-0.2, 0) is 10.6 Å². The highest BCUT2D eigenvalue weighted by atomic mass is 35.5. The van der Waals surface area contributed by atoms with Crippen LogP contribution in [0.25, 0.3) is 0 Å². The molecule has 1 aromatic rings. The maximum atomic E-state index is 5.96. The molecule has 17 heavy (non-hydrogen) atoms. The van der Waals surface area contributed by atoms with E-state index in [9.17, 15) is 0 Å². The van der Waals surface area contributed by atoms with Crippen LogP contribution in [0.3, 0.4) is 0 Å². The number of methoxy groups -OCH3 is 1. The first-order valence-corrected chi connectivity index (χ1v) is 6.45. The molecule has 0 aliphatic heterocycles. The molecule has 0 fully saturated rings. The molecule has 1 heterocycles. The van der Waals surface area contributed by atoms with Gasteiger partial charge in [-0.1, -0.05) is 13.8 Å². The molecular formula is C13H21ClN2O. The number of halogens is 1. The Balaban J connectivity index is 2.86. The van der Waals surface area contributed by atoms with Crippen molar-refractivity contribution in [3.05, 3.63) is 24.0 Å². The van der Waals surface area contributed by atoms with Crippen molar-refractivity contribution in [1.29, 1.82) is 0 Å². The highest BCUT2D eigenvalue weighted by Crippen LogP contribution is 2.21. The lowest BCUT2D eigenvalue weighted by molar-refractivity contribution is 0.204. The Hall–Kier alpha value is -0.800. The number of anilines is 1. The zero-order valence-corrected chi connectivity index (χ0v) is 11.6. The predicted molar refractivity (Wildman–Crippen MR) is 72.7 cm³/mol. The normalized spacial score (nSPS) is 10.9. The molecule has 0 amide bonds. The van der Waals surface area contributed by atoms with Crippen LogP contribution in [0.15, 0.2) is 18.5 Å². The maximum Gasteiger partial charge on any atom is 0.0637 e. The molecule has 0 aromatic carbocycles. The summed E-state index contributed by atoms with van der Waals surface area (Å²) in [5, 5.41) is 0. The van der Waals surface area contributed by atoms with Crippen molar-refractivity contribution in [3.63, 3.8) is 0 Å². The zero-order chi connectivity index (χ0) is 12.7. The van der Waals surface area contributed by atoms with Gasteiger partial charge in [-0.3, -0.25) is 4.98 Å². The Morgan fingerprint density at radius 3 is 2.82 bits per heavy atom. The summed E-state index contributed by atoms with van der Waals surface area (Å²) in [6.07, 6.45) is 3.67. The number of rotatable bonds is 7. The lowest BCUT2D eigenvalue weighted by Gasteiger charge is -2.27. The molecular weight excluding hydrogens is 236 g/mol. The van der Waals surface area contributed by atoms with E-state index in [4.69, 9.17) is 16.3 Å². The van der Waals surface area contributed by atoms with Crippen molar-refractivity contribution < 1.29 is 4.74 Å². The van der Waals surface area contributed by atoms with Crippen LogP contribution in [-0.4, -0.2) is 31.8 Å². The minimum Gasteiger partial charge on any atom is -0.383 e. The van der Waals surface area contributed by atoms with E-state index in [-0.39, 0.29) is 0 Å². The van der Waals surface area contributed by atoms with Crippen LogP contribution in [0.2, 0.25) is 0 Å². The van der Waals surface area contributed by atoms with E-state index in [0.717, 1.165) is 24.3 Å². The molecule has 0 aliphatic carbocycles. The summed E-state index contributed by atoms with van der Waals surface area (Å²) in [7, 11) is 1.72. The van der Waals surface area contributed by atoms with Gasteiger partial charge in [-0.2, -0.15) is 0 Å². The minimum atomic E-state index is 0.513. The zero-order valence-electron chi connectivity index (χ0n) is 10.8. The SMILES string of the molecule is COCCN(CC(C)C)c1cnccc1CCl. The molecule has 0 atom stereocenters. The van der Waals surface area contributed by atoms with Gasteiger partial charge in [0.05, 0.1) is 18.5 Å². The van der Waals surface area contributed by atoms with E-state index >= 15 is 0 Å². The number of hydrogen-bond donors (Lipinski definition) is 0. The number of pyridine rings is 1. The van der Waals surface area contributed by atoms with Gasteiger partial charge in [0.2, 0.25) is 0 Å². The van der Waals surface area contributed by atoms with Gasteiger partial charge in [-0.25, -0.2) is 0 Å². The predicted octanol–water partition coefficient (Wildman–Crippen LogP) is 2.93. The summed E-state index contributed by atoms with van der Waals surface area (Å²) in [6, 6.07) is 1.97. The summed E-state index contributed by atoms with van der Waals surface area (Å²) in [6.45, 7) is 6.97. The quantitative estimate of drug-likeness (QED) is 0.702. The van der Waals surface area contributed by atoms with Gasteiger partial charge < -0.3 is 9.64 Å². The van der Waals surface area contributed by atoms with Crippen LogP contribution in [0.1, 0.15) is 19.4 Å². The van der Waals surface area contributed by atoms with Crippen LogP contribution in [0.4, 0.5) is 5.69 Å². The molecule has 0 aliphatic rings. The first-order chi connectivity index (χ1) is 8.19. The first kappa shape index (κ1) is 14.3. The second-order valence-electron chi connectivity index (χ2n) is 4.47. The molecule has 0 bridgehead atoms. The molecule has 0 unspecified atom stereocenters. The summed E-state index contributed by atoms with van der Waals surface area (Å²) < 4.78 is 5.15. The van der Waals surface area contributed by atoms with Crippen molar-refractivity contribution in [2.75, 3.05) is 31.7 Å². The number of ether oxygens (including phenoxy) is 1. The third-order valence-corrected chi connectivity index (χ3v) is 2.81. The molecule has 3 nitrogen and oxygen atoms in total. The molecule has 96 valence electrons. The Labute approximate surface area is 109 Å². The second-order valence-corrected chi connectivity index (χ2v) is 4.74. The fraction of sp³-hybridized carbons (Fsp3) is 0.615.